The van der Waals surface area contributed by atoms with E-state index in [1.54, 1.807) is 0 Å². The van der Waals surface area contributed by atoms with Gasteiger partial charge in [0, 0.05) is 11.8 Å². The highest BCUT2D eigenvalue weighted by Gasteiger charge is 2.62. The maximum absolute atomic E-state index is 6.17. The normalized spacial score (nSPS) is 30.1. The molecule has 0 nitrogen and oxygen atoms in total. The van der Waals surface area contributed by atoms with E-state index in [-0.39, 0.29) is 0 Å². The Morgan fingerprint density at radius 2 is 1.85 bits per heavy atom. The summed E-state index contributed by atoms with van der Waals surface area (Å²) in [4.78, 5) is 0. The van der Waals surface area contributed by atoms with E-state index in [2.05, 4.69) is 19.1 Å². The highest BCUT2D eigenvalue weighted by Crippen LogP contribution is 2.66. The van der Waals surface area contributed by atoms with E-state index in [4.69, 9.17) is 23.2 Å². The van der Waals surface area contributed by atoms with Gasteiger partial charge in [0.1, 0.15) is 4.33 Å². The zero-order valence-electron chi connectivity index (χ0n) is 7.50. The molecule has 1 aliphatic carbocycles. The van der Waals surface area contributed by atoms with Crippen molar-refractivity contribution in [3.05, 3.63) is 35.9 Å². The van der Waals surface area contributed by atoms with Crippen LogP contribution in [-0.2, 0) is 0 Å². The third kappa shape index (κ3) is 1.47. The van der Waals surface area contributed by atoms with Gasteiger partial charge in [0.15, 0.2) is 0 Å². The van der Waals surface area contributed by atoms with Crippen molar-refractivity contribution in [1.29, 1.82) is 0 Å². The summed E-state index contributed by atoms with van der Waals surface area (Å²) in [6.07, 6.45) is 1.05. The predicted octanol–water partition coefficient (Wildman–Crippen LogP) is 3.98. The minimum absolute atomic E-state index is 0.335. The van der Waals surface area contributed by atoms with E-state index in [0.717, 1.165) is 6.42 Å². The Morgan fingerprint density at radius 1 is 1.23 bits per heavy atom. The van der Waals surface area contributed by atoms with Gasteiger partial charge >= 0.3 is 0 Å². The molecule has 0 N–H and O–H groups in total. The molecule has 0 bridgehead atoms. The Morgan fingerprint density at radius 3 is 2.31 bits per heavy atom. The monoisotopic (exact) mass is 214 g/mol. The molecule has 0 spiro atoms. The first-order valence-electron chi connectivity index (χ1n) is 4.60. The molecule has 0 heterocycles. The first-order chi connectivity index (χ1) is 6.18. The number of hydrogen-bond donors (Lipinski definition) is 0. The summed E-state index contributed by atoms with van der Waals surface area (Å²) >= 11 is 12.3. The van der Waals surface area contributed by atoms with Crippen LogP contribution < -0.4 is 0 Å². The third-order valence-electron chi connectivity index (χ3n) is 2.80. The van der Waals surface area contributed by atoms with Crippen molar-refractivity contribution in [3.8, 4) is 0 Å². The Bertz CT molecular complexity index is 292. The van der Waals surface area contributed by atoms with E-state index in [0.29, 0.717) is 11.8 Å². The summed E-state index contributed by atoms with van der Waals surface area (Å²) in [5.41, 5.74) is 1.26. The SMILES string of the molecule is CCC1C(c2ccccc2)C1(Cl)Cl. The van der Waals surface area contributed by atoms with Gasteiger partial charge < -0.3 is 0 Å². The van der Waals surface area contributed by atoms with Crippen LogP contribution in [0.3, 0.4) is 0 Å². The summed E-state index contributed by atoms with van der Waals surface area (Å²) in [6, 6.07) is 10.3. The lowest BCUT2D eigenvalue weighted by atomic mass is 10.1. The van der Waals surface area contributed by atoms with Gasteiger partial charge in [0.2, 0.25) is 0 Å². The smallest absolute Gasteiger partial charge is 0.101 e. The molecule has 0 amide bonds. The number of rotatable bonds is 2. The van der Waals surface area contributed by atoms with Gasteiger partial charge in [-0.05, 0) is 12.0 Å². The van der Waals surface area contributed by atoms with Crippen LogP contribution in [-0.4, -0.2) is 4.33 Å². The van der Waals surface area contributed by atoms with Gasteiger partial charge in [-0.15, -0.1) is 23.2 Å². The lowest BCUT2D eigenvalue weighted by Gasteiger charge is -1.98. The van der Waals surface area contributed by atoms with E-state index in [1.165, 1.54) is 5.56 Å². The number of alkyl halides is 2. The molecule has 2 rings (SSSR count). The molecule has 2 atom stereocenters. The van der Waals surface area contributed by atoms with Gasteiger partial charge in [-0.1, -0.05) is 37.3 Å². The van der Waals surface area contributed by atoms with Gasteiger partial charge in [0.05, 0.1) is 0 Å². The quantitative estimate of drug-likeness (QED) is 0.654. The second kappa shape index (κ2) is 3.18. The third-order valence-corrected chi connectivity index (χ3v) is 3.83. The number of hydrogen-bond acceptors (Lipinski definition) is 0. The molecule has 1 aromatic carbocycles. The lowest BCUT2D eigenvalue weighted by molar-refractivity contribution is 0.760. The molecule has 2 heteroatoms. The molecule has 1 aromatic rings. The minimum Gasteiger partial charge on any atom is -0.101 e. The van der Waals surface area contributed by atoms with Crippen molar-refractivity contribution in [2.24, 2.45) is 5.92 Å². The predicted molar refractivity (Wildman–Crippen MR) is 57.4 cm³/mol. The molecule has 1 fully saturated rings. The standard InChI is InChI=1S/C11H12Cl2/c1-2-9-10(11(9,12)13)8-6-4-3-5-7-8/h3-7,9-10H,2H2,1H3. The second-order valence-electron chi connectivity index (χ2n) is 3.58. The van der Waals surface area contributed by atoms with Crippen molar-refractivity contribution < 1.29 is 0 Å². The number of benzene rings is 1. The zero-order valence-corrected chi connectivity index (χ0v) is 9.02. The van der Waals surface area contributed by atoms with Crippen LogP contribution in [0.4, 0.5) is 0 Å². The molecule has 1 saturated carbocycles. The molecular weight excluding hydrogens is 203 g/mol. The first kappa shape index (κ1) is 9.36. The maximum atomic E-state index is 6.17. The Kier molecular flexibility index (Phi) is 2.29. The molecule has 0 aromatic heterocycles. The number of halogens is 2. The fourth-order valence-corrected chi connectivity index (χ4v) is 3.00. The fourth-order valence-electron chi connectivity index (χ4n) is 2.01. The van der Waals surface area contributed by atoms with Crippen LogP contribution in [0.15, 0.2) is 30.3 Å². The van der Waals surface area contributed by atoms with Crippen LogP contribution in [0.5, 0.6) is 0 Å². The average molecular weight is 215 g/mol. The van der Waals surface area contributed by atoms with E-state index < -0.39 is 4.33 Å². The fraction of sp³-hybridized carbons (Fsp3) is 0.455. The van der Waals surface area contributed by atoms with E-state index in [9.17, 15) is 0 Å². The summed E-state index contributed by atoms with van der Waals surface area (Å²) in [6.45, 7) is 2.13. The van der Waals surface area contributed by atoms with Crippen LogP contribution in [0.1, 0.15) is 24.8 Å². The summed E-state index contributed by atoms with van der Waals surface area (Å²) in [5, 5.41) is 0. The molecule has 13 heavy (non-hydrogen) atoms. The first-order valence-corrected chi connectivity index (χ1v) is 5.36. The van der Waals surface area contributed by atoms with Crippen molar-refractivity contribution in [3.63, 3.8) is 0 Å². The highest BCUT2D eigenvalue weighted by molar-refractivity contribution is 6.51. The van der Waals surface area contributed by atoms with E-state index >= 15 is 0 Å². The largest absolute Gasteiger partial charge is 0.129 e. The summed E-state index contributed by atoms with van der Waals surface area (Å²) in [5.74, 6) is 0.764. The summed E-state index contributed by atoms with van der Waals surface area (Å²) in [7, 11) is 0. The van der Waals surface area contributed by atoms with Crippen LogP contribution in [0, 0.1) is 5.92 Å². The Hall–Kier alpha value is -0.200. The molecule has 70 valence electrons. The van der Waals surface area contributed by atoms with Gasteiger partial charge in [-0.3, -0.25) is 0 Å². The van der Waals surface area contributed by atoms with Crippen molar-refractivity contribution >= 4 is 23.2 Å². The Balaban J connectivity index is 2.22. The molecule has 0 aliphatic heterocycles. The zero-order chi connectivity index (χ0) is 9.47. The van der Waals surface area contributed by atoms with Crippen LogP contribution >= 0.6 is 23.2 Å². The molecule has 0 radical (unpaired) electrons. The van der Waals surface area contributed by atoms with Crippen molar-refractivity contribution in [1.82, 2.24) is 0 Å². The van der Waals surface area contributed by atoms with Crippen LogP contribution in [0.25, 0.3) is 0 Å². The summed E-state index contributed by atoms with van der Waals surface area (Å²) < 4.78 is -0.518. The van der Waals surface area contributed by atoms with Crippen molar-refractivity contribution in [2.45, 2.75) is 23.6 Å². The molecular formula is C11H12Cl2. The minimum atomic E-state index is -0.518. The van der Waals surface area contributed by atoms with Gasteiger partial charge in [-0.2, -0.15) is 0 Å². The lowest BCUT2D eigenvalue weighted by Crippen LogP contribution is -1.89. The Labute approximate surface area is 88.9 Å². The molecule has 2 unspecified atom stereocenters. The molecule has 0 saturated heterocycles. The van der Waals surface area contributed by atoms with E-state index in [1.807, 2.05) is 18.2 Å². The van der Waals surface area contributed by atoms with Gasteiger partial charge in [-0.25, -0.2) is 0 Å². The maximum Gasteiger partial charge on any atom is 0.129 e. The molecule has 1 aliphatic rings. The van der Waals surface area contributed by atoms with Crippen molar-refractivity contribution in [2.75, 3.05) is 0 Å². The van der Waals surface area contributed by atoms with Crippen LogP contribution in [0.2, 0.25) is 0 Å². The van der Waals surface area contributed by atoms with Gasteiger partial charge in [0.25, 0.3) is 0 Å². The second-order valence-corrected chi connectivity index (χ2v) is 5.02. The average Bonchev–Trinajstić information content (AvgIpc) is 2.69. The topological polar surface area (TPSA) is 0 Å². The highest BCUT2D eigenvalue weighted by atomic mass is 35.5.